The largest absolute Gasteiger partial charge is 0.389 e. The summed E-state index contributed by atoms with van der Waals surface area (Å²) >= 11 is 1.72. The van der Waals surface area contributed by atoms with E-state index >= 15 is 0 Å². The average Bonchev–Trinajstić information content (AvgIpc) is 3.00. The average molecular weight is 360 g/mol. The van der Waals surface area contributed by atoms with E-state index < -0.39 is 6.10 Å². The highest BCUT2D eigenvalue weighted by Crippen LogP contribution is 2.13. The number of rotatable bonds is 14. The molecule has 24 heavy (non-hydrogen) atoms. The van der Waals surface area contributed by atoms with Crippen molar-refractivity contribution < 1.29 is 19.3 Å². The molecule has 0 aliphatic heterocycles. The second-order valence-electron chi connectivity index (χ2n) is 6.20. The van der Waals surface area contributed by atoms with Crippen LogP contribution in [0.4, 0.5) is 0 Å². The SMILES string of the molecule is CCOC(CN(Cc1cccs1)CC(O)COCC(C)C)OCC. The lowest BCUT2D eigenvalue weighted by Crippen LogP contribution is -2.41. The maximum absolute atomic E-state index is 10.3. The molecule has 0 spiro atoms. The highest BCUT2D eigenvalue weighted by atomic mass is 32.1. The minimum Gasteiger partial charge on any atom is -0.389 e. The minimum absolute atomic E-state index is 0.274. The summed E-state index contributed by atoms with van der Waals surface area (Å²) in [6.45, 7) is 12.3. The minimum atomic E-state index is -0.521. The summed E-state index contributed by atoms with van der Waals surface area (Å²) in [6.07, 6.45) is -0.795. The van der Waals surface area contributed by atoms with Crippen molar-refractivity contribution in [3.8, 4) is 0 Å². The Hall–Kier alpha value is -0.500. The Bertz CT molecular complexity index is 394. The fourth-order valence-corrected chi connectivity index (χ4v) is 3.10. The van der Waals surface area contributed by atoms with Crippen LogP contribution in [0.3, 0.4) is 0 Å². The van der Waals surface area contributed by atoms with Crippen LogP contribution < -0.4 is 0 Å². The summed E-state index contributed by atoms with van der Waals surface area (Å²) in [5.41, 5.74) is 0. The van der Waals surface area contributed by atoms with Gasteiger partial charge in [0.25, 0.3) is 0 Å². The third kappa shape index (κ3) is 9.71. The molecule has 1 atom stereocenters. The lowest BCUT2D eigenvalue weighted by Gasteiger charge is -2.28. The molecular formula is C18H33NO4S. The number of thiophene rings is 1. The quantitative estimate of drug-likeness (QED) is 0.518. The second-order valence-corrected chi connectivity index (χ2v) is 7.23. The van der Waals surface area contributed by atoms with Gasteiger partial charge in [0.15, 0.2) is 6.29 Å². The topological polar surface area (TPSA) is 51.2 Å². The Morgan fingerprint density at radius 3 is 2.38 bits per heavy atom. The van der Waals surface area contributed by atoms with Crippen molar-refractivity contribution in [2.24, 2.45) is 5.92 Å². The van der Waals surface area contributed by atoms with Crippen molar-refractivity contribution in [3.05, 3.63) is 22.4 Å². The van der Waals surface area contributed by atoms with Crippen molar-refractivity contribution in [2.45, 2.75) is 46.6 Å². The summed E-state index contributed by atoms with van der Waals surface area (Å²) in [7, 11) is 0. The summed E-state index contributed by atoms with van der Waals surface area (Å²) < 4.78 is 16.9. The first-order valence-electron chi connectivity index (χ1n) is 8.78. The molecule has 0 aromatic carbocycles. The van der Waals surface area contributed by atoms with Crippen LogP contribution in [0.25, 0.3) is 0 Å². The molecule has 1 aromatic rings. The summed E-state index contributed by atoms with van der Waals surface area (Å²) in [4.78, 5) is 3.43. The predicted molar refractivity (Wildman–Crippen MR) is 98.3 cm³/mol. The van der Waals surface area contributed by atoms with E-state index in [1.165, 1.54) is 4.88 Å². The zero-order valence-electron chi connectivity index (χ0n) is 15.4. The molecule has 1 rings (SSSR count). The first kappa shape index (κ1) is 21.5. The van der Waals surface area contributed by atoms with Crippen molar-refractivity contribution >= 4 is 11.3 Å². The van der Waals surface area contributed by atoms with Crippen LogP contribution in [0, 0.1) is 5.92 Å². The van der Waals surface area contributed by atoms with Gasteiger partial charge < -0.3 is 19.3 Å². The fourth-order valence-electron chi connectivity index (χ4n) is 2.35. The first-order valence-corrected chi connectivity index (χ1v) is 9.66. The summed E-state index contributed by atoms with van der Waals surface area (Å²) in [5, 5.41) is 12.4. The first-order chi connectivity index (χ1) is 11.5. The zero-order chi connectivity index (χ0) is 17.8. The molecule has 1 N–H and O–H groups in total. The van der Waals surface area contributed by atoms with Crippen LogP contribution in [0.1, 0.15) is 32.6 Å². The van der Waals surface area contributed by atoms with Crippen LogP contribution in [-0.2, 0) is 20.8 Å². The maximum atomic E-state index is 10.3. The molecule has 6 heteroatoms. The second kappa shape index (κ2) is 12.8. The van der Waals surface area contributed by atoms with Gasteiger partial charge in [0.2, 0.25) is 0 Å². The van der Waals surface area contributed by atoms with Gasteiger partial charge in [-0.05, 0) is 31.2 Å². The maximum Gasteiger partial charge on any atom is 0.170 e. The molecule has 0 saturated heterocycles. The Balaban J connectivity index is 2.55. The van der Waals surface area contributed by atoms with Gasteiger partial charge in [-0.15, -0.1) is 11.3 Å². The van der Waals surface area contributed by atoms with Gasteiger partial charge in [0.05, 0.1) is 12.7 Å². The highest BCUT2D eigenvalue weighted by molar-refractivity contribution is 7.09. The molecule has 0 fully saturated rings. The number of hydrogen-bond acceptors (Lipinski definition) is 6. The third-order valence-corrected chi connectivity index (χ3v) is 4.16. The van der Waals surface area contributed by atoms with E-state index in [0.29, 0.717) is 45.4 Å². The van der Waals surface area contributed by atoms with Gasteiger partial charge >= 0.3 is 0 Å². The van der Waals surface area contributed by atoms with Crippen molar-refractivity contribution in [2.75, 3.05) is 39.5 Å². The lowest BCUT2D eigenvalue weighted by molar-refractivity contribution is -0.150. The van der Waals surface area contributed by atoms with E-state index in [0.717, 1.165) is 6.54 Å². The van der Waals surface area contributed by atoms with Gasteiger partial charge in [-0.3, -0.25) is 4.90 Å². The van der Waals surface area contributed by atoms with Crippen LogP contribution in [0.5, 0.6) is 0 Å². The monoisotopic (exact) mass is 359 g/mol. The van der Waals surface area contributed by atoms with E-state index in [-0.39, 0.29) is 6.29 Å². The Morgan fingerprint density at radius 2 is 1.83 bits per heavy atom. The van der Waals surface area contributed by atoms with Gasteiger partial charge in [-0.25, -0.2) is 0 Å². The van der Waals surface area contributed by atoms with Gasteiger partial charge in [0, 0.05) is 44.3 Å². The van der Waals surface area contributed by atoms with E-state index in [1.54, 1.807) is 11.3 Å². The predicted octanol–water partition coefficient (Wildman–Crippen LogP) is 2.98. The lowest BCUT2D eigenvalue weighted by atomic mass is 10.2. The molecule has 0 aliphatic carbocycles. The van der Waals surface area contributed by atoms with Gasteiger partial charge in [-0.2, -0.15) is 0 Å². The smallest absolute Gasteiger partial charge is 0.170 e. The summed E-state index contributed by atoms with van der Waals surface area (Å²) in [5.74, 6) is 0.472. The Labute approximate surface area is 150 Å². The molecular weight excluding hydrogens is 326 g/mol. The normalized spacial score (nSPS) is 13.3. The number of hydrogen-bond donors (Lipinski definition) is 1. The van der Waals surface area contributed by atoms with E-state index in [1.807, 2.05) is 19.9 Å². The van der Waals surface area contributed by atoms with Crippen molar-refractivity contribution in [3.63, 3.8) is 0 Å². The Kier molecular flexibility index (Phi) is 11.5. The third-order valence-electron chi connectivity index (χ3n) is 3.30. The molecule has 0 radical (unpaired) electrons. The number of aliphatic hydroxyl groups is 1. The van der Waals surface area contributed by atoms with E-state index in [9.17, 15) is 5.11 Å². The number of ether oxygens (including phenoxy) is 3. The van der Waals surface area contributed by atoms with Crippen LogP contribution in [0.15, 0.2) is 17.5 Å². The molecule has 0 bridgehead atoms. The van der Waals surface area contributed by atoms with Crippen LogP contribution in [-0.4, -0.2) is 61.9 Å². The van der Waals surface area contributed by atoms with Crippen LogP contribution >= 0.6 is 11.3 Å². The molecule has 0 aliphatic rings. The number of nitrogens with zero attached hydrogens (tertiary/aromatic N) is 1. The molecule has 0 amide bonds. The molecule has 1 heterocycles. The Morgan fingerprint density at radius 1 is 1.12 bits per heavy atom. The highest BCUT2D eigenvalue weighted by Gasteiger charge is 2.19. The van der Waals surface area contributed by atoms with E-state index in [2.05, 4.69) is 30.2 Å². The molecule has 1 aromatic heterocycles. The molecule has 0 saturated carbocycles. The zero-order valence-corrected chi connectivity index (χ0v) is 16.3. The van der Waals surface area contributed by atoms with Gasteiger partial charge in [-0.1, -0.05) is 19.9 Å². The summed E-state index contributed by atoms with van der Waals surface area (Å²) in [6, 6.07) is 4.15. The fraction of sp³-hybridized carbons (Fsp3) is 0.778. The van der Waals surface area contributed by atoms with Crippen molar-refractivity contribution in [1.29, 1.82) is 0 Å². The van der Waals surface area contributed by atoms with E-state index in [4.69, 9.17) is 14.2 Å². The molecule has 5 nitrogen and oxygen atoms in total. The van der Waals surface area contributed by atoms with Crippen LogP contribution in [0.2, 0.25) is 0 Å². The van der Waals surface area contributed by atoms with Gasteiger partial charge in [0.1, 0.15) is 0 Å². The molecule has 1 unspecified atom stereocenters. The number of aliphatic hydroxyl groups excluding tert-OH is 1. The van der Waals surface area contributed by atoms with Crippen molar-refractivity contribution in [1.82, 2.24) is 4.90 Å². The molecule has 140 valence electrons. The standard InChI is InChI=1S/C18H33NO4S/c1-5-22-18(23-6-2)12-19(11-17-8-7-9-24-17)10-16(20)14-21-13-15(3)4/h7-9,15-16,18,20H,5-6,10-14H2,1-4H3.